The smallest absolute Gasteiger partial charge is 0.265 e. The number of anilines is 2. The van der Waals surface area contributed by atoms with Gasteiger partial charge in [0.05, 0.1) is 18.5 Å². The number of nitrogens with zero attached hydrogens (tertiary/aromatic N) is 1. The van der Waals surface area contributed by atoms with Crippen LogP contribution in [0.15, 0.2) is 41.3 Å². The molecule has 1 fully saturated rings. The van der Waals surface area contributed by atoms with E-state index in [2.05, 4.69) is 4.72 Å². The van der Waals surface area contributed by atoms with Gasteiger partial charge >= 0.3 is 0 Å². The molecule has 9 heteroatoms. The minimum absolute atomic E-state index is 0.0880. The molecule has 2 aromatic rings. The molecule has 0 radical (unpaired) electrons. The lowest BCUT2D eigenvalue weighted by Crippen LogP contribution is -2.28. The van der Waals surface area contributed by atoms with Crippen LogP contribution in [0.2, 0.25) is 5.02 Å². The van der Waals surface area contributed by atoms with E-state index in [-0.39, 0.29) is 41.0 Å². The number of ether oxygens (including phenoxy) is 1. The second kappa shape index (κ2) is 7.21. The van der Waals surface area contributed by atoms with Crippen LogP contribution in [-0.4, -0.2) is 27.3 Å². The SMILES string of the molecule is COc1ccc(N2C(=O)CCC2=O)cc1S(=O)(=O)Nc1cc(Cl)ccc1C. The topological polar surface area (TPSA) is 92.8 Å². The maximum Gasteiger partial charge on any atom is 0.265 e. The molecule has 1 N–H and O–H groups in total. The summed E-state index contributed by atoms with van der Waals surface area (Å²) in [7, 11) is -2.73. The van der Waals surface area contributed by atoms with Gasteiger partial charge in [-0.15, -0.1) is 0 Å². The van der Waals surface area contributed by atoms with E-state index in [0.29, 0.717) is 16.3 Å². The van der Waals surface area contributed by atoms with Crippen LogP contribution in [0.25, 0.3) is 0 Å². The average Bonchev–Trinajstić information content (AvgIpc) is 2.96. The van der Waals surface area contributed by atoms with Crippen molar-refractivity contribution in [3.63, 3.8) is 0 Å². The van der Waals surface area contributed by atoms with Crippen LogP contribution in [0.3, 0.4) is 0 Å². The number of sulfonamides is 1. The molecule has 3 rings (SSSR count). The lowest BCUT2D eigenvalue weighted by atomic mass is 10.2. The fraction of sp³-hybridized carbons (Fsp3) is 0.222. The summed E-state index contributed by atoms with van der Waals surface area (Å²) in [5, 5.41) is 0.382. The quantitative estimate of drug-likeness (QED) is 0.767. The summed E-state index contributed by atoms with van der Waals surface area (Å²) in [6, 6.07) is 8.98. The highest BCUT2D eigenvalue weighted by Gasteiger charge is 2.32. The zero-order valence-corrected chi connectivity index (χ0v) is 16.2. The maximum atomic E-state index is 13.0. The third kappa shape index (κ3) is 3.77. The number of amides is 2. The summed E-state index contributed by atoms with van der Waals surface area (Å²) in [5.74, 6) is -0.649. The number of benzene rings is 2. The Bertz CT molecular complexity index is 1020. The Morgan fingerprint density at radius 2 is 1.74 bits per heavy atom. The molecule has 0 aromatic heterocycles. The van der Waals surface area contributed by atoms with Crippen molar-refractivity contribution in [3.8, 4) is 5.75 Å². The van der Waals surface area contributed by atoms with E-state index in [1.54, 1.807) is 19.1 Å². The number of hydrogen-bond donors (Lipinski definition) is 1. The molecule has 0 bridgehead atoms. The van der Waals surface area contributed by atoms with Crippen LogP contribution in [0, 0.1) is 6.92 Å². The minimum Gasteiger partial charge on any atom is -0.495 e. The molecule has 0 saturated carbocycles. The Hall–Kier alpha value is -2.58. The number of carbonyl (C=O) groups excluding carboxylic acids is 2. The van der Waals surface area contributed by atoms with Crippen molar-refractivity contribution in [2.75, 3.05) is 16.7 Å². The summed E-state index contributed by atoms with van der Waals surface area (Å²) >= 11 is 5.95. The van der Waals surface area contributed by atoms with Gasteiger partial charge in [0, 0.05) is 17.9 Å². The van der Waals surface area contributed by atoms with E-state index in [1.165, 1.54) is 31.4 Å². The second-order valence-electron chi connectivity index (χ2n) is 6.02. The first-order chi connectivity index (χ1) is 12.7. The number of nitrogens with one attached hydrogen (secondary N) is 1. The molecule has 27 heavy (non-hydrogen) atoms. The highest BCUT2D eigenvalue weighted by atomic mass is 35.5. The third-order valence-corrected chi connectivity index (χ3v) is 5.81. The molecule has 1 aliphatic heterocycles. The van der Waals surface area contributed by atoms with Crippen molar-refractivity contribution < 1.29 is 22.7 Å². The molecule has 0 aliphatic carbocycles. The lowest BCUT2D eigenvalue weighted by molar-refractivity contribution is -0.121. The van der Waals surface area contributed by atoms with E-state index in [4.69, 9.17) is 16.3 Å². The largest absolute Gasteiger partial charge is 0.495 e. The first kappa shape index (κ1) is 19.2. The van der Waals surface area contributed by atoms with Crippen molar-refractivity contribution in [2.24, 2.45) is 0 Å². The molecule has 7 nitrogen and oxygen atoms in total. The van der Waals surface area contributed by atoms with Gasteiger partial charge in [-0.1, -0.05) is 17.7 Å². The van der Waals surface area contributed by atoms with E-state index >= 15 is 0 Å². The van der Waals surface area contributed by atoms with Gasteiger partial charge in [-0.05, 0) is 42.8 Å². The third-order valence-electron chi connectivity index (χ3n) is 4.19. The molecule has 1 aliphatic rings. The van der Waals surface area contributed by atoms with E-state index in [9.17, 15) is 18.0 Å². The Balaban J connectivity index is 2.05. The zero-order chi connectivity index (χ0) is 19.8. The Morgan fingerprint density at radius 1 is 1.07 bits per heavy atom. The zero-order valence-electron chi connectivity index (χ0n) is 14.7. The number of carbonyl (C=O) groups is 2. The fourth-order valence-corrected chi connectivity index (χ4v) is 4.27. The Morgan fingerprint density at radius 3 is 2.37 bits per heavy atom. The first-order valence-corrected chi connectivity index (χ1v) is 9.92. The Labute approximate surface area is 161 Å². The van der Waals surface area contributed by atoms with Crippen molar-refractivity contribution in [3.05, 3.63) is 47.0 Å². The predicted molar refractivity (Wildman–Crippen MR) is 102 cm³/mol. The van der Waals surface area contributed by atoms with Gasteiger partial charge in [-0.3, -0.25) is 19.2 Å². The van der Waals surface area contributed by atoms with Gasteiger partial charge in [0.1, 0.15) is 10.6 Å². The summed E-state index contributed by atoms with van der Waals surface area (Å²) in [5.41, 5.74) is 1.19. The van der Waals surface area contributed by atoms with Crippen molar-refractivity contribution >= 4 is 44.8 Å². The van der Waals surface area contributed by atoms with Gasteiger partial charge in [-0.2, -0.15) is 0 Å². The van der Waals surface area contributed by atoms with Gasteiger partial charge in [-0.25, -0.2) is 8.42 Å². The van der Waals surface area contributed by atoms with Crippen LogP contribution in [0.1, 0.15) is 18.4 Å². The summed E-state index contributed by atoms with van der Waals surface area (Å²) in [4.78, 5) is 24.7. The predicted octanol–water partition coefficient (Wildman–Crippen LogP) is 3.11. The van der Waals surface area contributed by atoms with Gasteiger partial charge in [0.2, 0.25) is 11.8 Å². The Kier molecular flexibility index (Phi) is 5.12. The number of methoxy groups -OCH3 is 1. The number of aryl methyl sites for hydroxylation is 1. The molecule has 0 atom stereocenters. The van der Waals surface area contributed by atoms with E-state index < -0.39 is 10.0 Å². The molecule has 1 heterocycles. The van der Waals surface area contributed by atoms with Gasteiger partial charge in [0.15, 0.2) is 0 Å². The standard InChI is InChI=1S/C18H17ClN2O5S/c1-11-3-4-12(19)9-14(11)20-27(24,25)16-10-13(5-6-15(16)26-2)21-17(22)7-8-18(21)23/h3-6,9-10,20H,7-8H2,1-2H3. The maximum absolute atomic E-state index is 13.0. The number of imide groups is 1. The second-order valence-corrected chi connectivity index (χ2v) is 8.11. The van der Waals surface area contributed by atoms with Crippen molar-refractivity contribution in [1.29, 1.82) is 0 Å². The lowest BCUT2D eigenvalue weighted by Gasteiger charge is -2.18. The highest BCUT2D eigenvalue weighted by Crippen LogP contribution is 2.33. The van der Waals surface area contributed by atoms with E-state index in [1.807, 2.05) is 0 Å². The molecule has 2 aromatic carbocycles. The number of rotatable bonds is 5. The van der Waals surface area contributed by atoms with Gasteiger partial charge in [0.25, 0.3) is 10.0 Å². The molecule has 0 unspecified atom stereocenters. The number of halogens is 1. The van der Waals surface area contributed by atoms with Crippen LogP contribution >= 0.6 is 11.6 Å². The number of hydrogen-bond acceptors (Lipinski definition) is 5. The molecular weight excluding hydrogens is 392 g/mol. The molecule has 2 amide bonds. The van der Waals surface area contributed by atoms with Crippen LogP contribution in [0.5, 0.6) is 5.75 Å². The first-order valence-electron chi connectivity index (χ1n) is 8.06. The molecule has 1 saturated heterocycles. The molecular formula is C18H17ClN2O5S. The van der Waals surface area contributed by atoms with Crippen LogP contribution < -0.4 is 14.4 Å². The molecule has 142 valence electrons. The van der Waals surface area contributed by atoms with E-state index in [0.717, 1.165) is 4.90 Å². The van der Waals surface area contributed by atoms with Crippen molar-refractivity contribution in [1.82, 2.24) is 0 Å². The highest BCUT2D eigenvalue weighted by molar-refractivity contribution is 7.92. The monoisotopic (exact) mass is 408 g/mol. The molecule has 0 spiro atoms. The summed E-state index contributed by atoms with van der Waals surface area (Å²) < 4.78 is 33.5. The van der Waals surface area contributed by atoms with Crippen LogP contribution in [-0.2, 0) is 19.6 Å². The average molecular weight is 409 g/mol. The summed E-state index contributed by atoms with van der Waals surface area (Å²) in [6.45, 7) is 1.74. The normalized spacial score (nSPS) is 14.6. The van der Waals surface area contributed by atoms with Crippen molar-refractivity contribution in [2.45, 2.75) is 24.7 Å². The summed E-state index contributed by atoms with van der Waals surface area (Å²) in [6.07, 6.45) is 0.208. The van der Waals surface area contributed by atoms with Crippen LogP contribution in [0.4, 0.5) is 11.4 Å². The fourth-order valence-electron chi connectivity index (χ4n) is 2.78. The minimum atomic E-state index is -4.07. The van der Waals surface area contributed by atoms with Gasteiger partial charge < -0.3 is 4.74 Å².